The van der Waals surface area contributed by atoms with Gasteiger partial charge >= 0.3 is 12.1 Å². The molecular weight excluding hydrogens is 462 g/mol. The molecule has 1 aliphatic rings. The number of morpholine rings is 1. The van der Waals surface area contributed by atoms with Gasteiger partial charge in [0, 0.05) is 24.5 Å². The van der Waals surface area contributed by atoms with E-state index in [9.17, 15) is 14.4 Å². The van der Waals surface area contributed by atoms with E-state index in [2.05, 4.69) is 15.5 Å². The summed E-state index contributed by atoms with van der Waals surface area (Å²) in [5.74, 6) is -1.37. The van der Waals surface area contributed by atoms with Crippen LogP contribution in [-0.4, -0.2) is 56.4 Å². The van der Waals surface area contributed by atoms with Crippen LogP contribution in [0.5, 0.6) is 0 Å². The molecule has 1 saturated heterocycles. The van der Waals surface area contributed by atoms with Crippen LogP contribution in [-0.2, 0) is 30.4 Å². The van der Waals surface area contributed by atoms with Gasteiger partial charge in [0.1, 0.15) is 12.6 Å². The number of rotatable bonds is 10. The summed E-state index contributed by atoms with van der Waals surface area (Å²) in [6.45, 7) is 8.34. The largest absolute Gasteiger partial charge is 0.451 e. The van der Waals surface area contributed by atoms with Crippen molar-refractivity contribution in [1.29, 1.82) is 0 Å². The van der Waals surface area contributed by atoms with Crippen LogP contribution in [0.2, 0.25) is 0 Å². The lowest BCUT2D eigenvalue weighted by molar-refractivity contribution is -0.156. The van der Waals surface area contributed by atoms with Crippen LogP contribution < -0.4 is 15.5 Å². The lowest BCUT2D eigenvalue weighted by atomic mass is 9.99. The number of hydrogen-bond acceptors (Lipinski definition) is 7. The van der Waals surface area contributed by atoms with Crippen LogP contribution in [0.25, 0.3) is 0 Å². The van der Waals surface area contributed by atoms with Gasteiger partial charge in [0.25, 0.3) is 5.91 Å². The highest BCUT2D eigenvalue weighted by Gasteiger charge is 2.30. The van der Waals surface area contributed by atoms with Crippen molar-refractivity contribution in [1.82, 2.24) is 5.32 Å². The average molecular weight is 498 g/mol. The molecule has 3 rings (SSSR count). The third-order valence-corrected chi connectivity index (χ3v) is 6.13. The van der Waals surface area contributed by atoms with Crippen LogP contribution >= 0.6 is 0 Å². The fourth-order valence-electron chi connectivity index (χ4n) is 3.68. The first-order chi connectivity index (χ1) is 17.4. The maximum atomic E-state index is 12.9. The minimum Gasteiger partial charge on any atom is -0.451 e. The predicted octanol–water partition coefficient (Wildman–Crippen LogP) is 3.73. The standard InChI is InChI=1S/C27H35N3O6/c1-4-19(2)24(29-27(33)35-18-21-8-6-5-7-9-21)26(32)36-20(3)25(31)28-22-10-12-23(13-11-22)30-14-16-34-17-15-30/h5-13,19-20,24H,4,14-18H2,1-3H3,(H,28,31)(H,29,33)/t19-,20-,24+/m0/s1. The number of esters is 1. The van der Waals surface area contributed by atoms with E-state index >= 15 is 0 Å². The van der Waals surface area contributed by atoms with Gasteiger partial charge in [-0.1, -0.05) is 50.6 Å². The van der Waals surface area contributed by atoms with E-state index in [-0.39, 0.29) is 12.5 Å². The molecule has 194 valence electrons. The third-order valence-electron chi connectivity index (χ3n) is 6.13. The van der Waals surface area contributed by atoms with E-state index in [4.69, 9.17) is 14.2 Å². The number of ether oxygens (including phenoxy) is 3. The fourth-order valence-corrected chi connectivity index (χ4v) is 3.68. The number of nitrogens with one attached hydrogen (secondary N) is 2. The molecule has 2 amide bonds. The maximum Gasteiger partial charge on any atom is 0.408 e. The SMILES string of the molecule is CC[C@H](C)[C@@H](NC(=O)OCc1ccccc1)C(=O)O[C@@H](C)C(=O)Nc1ccc(N2CCOCC2)cc1. The number of benzene rings is 2. The first-order valence-electron chi connectivity index (χ1n) is 12.3. The number of amides is 2. The highest BCUT2D eigenvalue weighted by molar-refractivity contribution is 5.95. The zero-order chi connectivity index (χ0) is 25.9. The van der Waals surface area contributed by atoms with E-state index < -0.39 is 30.1 Å². The van der Waals surface area contributed by atoms with Gasteiger partial charge in [-0.3, -0.25) is 4.79 Å². The Kier molecular flexibility index (Phi) is 10.1. The molecule has 36 heavy (non-hydrogen) atoms. The number of alkyl carbamates (subject to hydrolysis) is 1. The number of carbonyl (C=O) groups excluding carboxylic acids is 3. The van der Waals surface area contributed by atoms with Crippen molar-refractivity contribution < 1.29 is 28.6 Å². The number of anilines is 2. The summed E-state index contributed by atoms with van der Waals surface area (Å²) >= 11 is 0. The minimum atomic E-state index is -1.05. The first kappa shape index (κ1) is 27.0. The summed E-state index contributed by atoms with van der Waals surface area (Å²) in [6.07, 6.45) is -1.15. The molecule has 1 fully saturated rings. The van der Waals surface area contributed by atoms with Crippen molar-refractivity contribution in [3.8, 4) is 0 Å². The molecule has 9 heteroatoms. The van der Waals surface area contributed by atoms with Gasteiger partial charge in [-0.15, -0.1) is 0 Å². The molecule has 3 atom stereocenters. The second kappa shape index (κ2) is 13.5. The molecule has 0 aliphatic carbocycles. The van der Waals surface area contributed by atoms with Gasteiger partial charge in [0.15, 0.2) is 6.10 Å². The van der Waals surface area contributed by atoms with Crippen LogP contribution in [0.15, 0.2) is 54.6 Å². The molecule has 1 aliphatic heterocycles. The molecule has 2 aromatic rings. The lowest BCUT2D eigenvalue weighted by Gasteiger charge is -2.29. The fraction of sp³-hybridized carbons (Fsp3) is 0.444. The van der Waals surface area contributed by atoms with Crippen molar-refractivity contribution in [2.45, 2.75) is 45.9 Å². The van der Waals surface area contributed by atoms with E-state index in [1.165, 1.54) is 6.92 Å². The molecule has 0 radical (unpaired) electrons. The summed E-state index contributed by atoms with van der Waals surface area (Å²) in [5.41, 5.74) is 2.48. The molecule has 9 nitrogen and oxygen atoms in total. The number of nitrogens with zero attached hydrogens (tertiary/aromatic N) is 1. The number of hydrogen-bond donors (Lipinski definition) is 2. The molecule has 0 unspecified atom stereocenters. The highest BCUT2D eigenvalue weighted by atomic mass is 16.6. The summed E-state index contributed by atoms with van der Waals surface area (Å²) in [7, 11) is 0. The Morgan fingerprint density at radius 1 is 1.00 bits per heavy atom. The second-order valence-corrected chi connectivity index (χ2v) is 8.78. The molecule has 0 bridgehead atoms. The van der Waals surface area contributed by atoms with E-state index in [1.54, 1.807) is 0 Å². The highest BCUT2D eigenvalue weighted by Crippen LogP contribution is 2.19. The minimum absolute atomic E-state index is 0.0814. The Morgan fingerprint density at radius 3 is 2.31 bits per heavy atom. The Balaban J connectivity index is 1.51. The molecular formula is C27H35N3O6. The third kappa shape index (κ3) is 7.98. The van der Waals surface area contributed by atoms with Crippen molar-refractivity contribution in [3.05, 3.63) is 60.2 Å². The quantitative estimate of drug-likeness (QED) is 0.482. The molecule has 0 spiro atoms. The Hall–Kier alpha value is -3.59. The predicted molar refractivity (Wildman–Crippen MR) is 137 cm³/mol. The lowest BCUT2D eigenvalue weighted by Crippen LogP contribution is -2.47. The van der Waals surface area contributed by atoms with Crippen molar-refractivity contribution in [2.24, 2.45) is 5.92 Å². The summed E-state index contributed by atoms with van der Waals surface area (Å²) in [6, 6.07) is 15.8. The van der Waals surface area contributed by atoms with Gasteiger partial charge in [-0.05, 0) is 42.7 Å². The van der Waals surface area contributed by atoms with E-state index in [1.807, 2.05) is 68.4 Å². The van der Waals surface area contributed by atoms with Gasteiger partial charge in [0.2, 0.25) is 0 Å². The summed E-state index contributed by atoms with van der Waals surface area (Å²) in [4.78, 5) is 40.0. The Morgan fingerprint density at radius 2 is 1.67 bits per heavy atom. The zero-order valence-corrected chi connectivity index (χ0v) is 21.1. The molecule has 0 saturated carbocycles. The van der Waals surface area contributed by atoms with Crippen LogP contribution in [0, 0.1) is 5.92 Å². The summed E-state index contributed by atoms with van der Waals surface area (Å²) in [5, 5.41) is 5.36. The van der Waals surface area contributed by atoms with Gasteiger partial charge in [-0.25, -0.2) is 9.59 Å². The van der Waals surface area contributed by atoms with Crippen molar-refractivity contribution in [2.75, 3.05) is 36.5 Å². The van der Waals surface area contributed by atoms with Gasteiger partial charge in [0.05, 0.1) is 13.2 Å². The second-order valence-electron chi connectivity index (χ2n) is 8.78. The Labute approximate surface area is 212 Å². The van der Waals surface area contributed by atoms with E-state index in [0.29, 0.717) is 25.3 Å². The zero-order valence-electron chi connectivity index (χ0n) is 21.1. The molecule has 2 N–H and O–H groups in total. The van der Waals surface area contributed by atoms with Crippen LogP contribution in [0.1, 0.15) is 32.8 Å². The van der Waals surface area contributed by atoms with Gasteiger partial charge < -0.3 is 29.7 Å². The van der Waals surface area contributed by atoms with Crippen LogP contribution in [0.4, 0.5) is 16.2 Å². The first-order valence-corrected chi connectivity index (χ1v) is 12.3. The van der Waals surface area contributed by atoms with Crippen molar-refractivity contribution in [3.63, 3.8) is 0 Å². The normalized spacial score (nSPS) is 15.8. The average Bonchev–Trinajstić information content (AvgIpc) is 2.91. The van der Waals surface area contributed by atoms with Gasteiger partial charge in [-0.2, -0.15) is 0 Å². The smallest absolute Gasteiger partial charge is 0.408 e. The molecule has 1 heterocycles. The van der Waals surface area contributed by atoms with Crippen LogP contribution in [0.3, 0.4) is 0 Å². The van der Waals surface area contributed by atoms with Crippen molar-refractivity contribution >= 4 is 29.3 Å². The maximum absolute atomic E-state index is 12.9. The Bertz CT molecular complexity index is 992. The molecule has 0 aromatic heterocycles. The summed E-state index contributed by atoms with van der Waals surface area (Å²) < 4.78 is 16.0. The van der Waals surface area contributed by atoms with E-state index in [0.717, 1.165) is 24.3 Å². The molecule has 2 aromatic carbocycles. The number of carbonyl (C=O) groups is 3. The topological polar surface area (TPSA) is 106 Å². The monoisotopic (exact) mass is 497 g/mol.